The van der Waals surface area contributed by atoms with Crippen LogP contribution in [0.5, 0.6) is 0 Å². The Hall–Kier alpha value is -1.25. The Balaban J connectivity index is 1.95. The number of pyridine rings is 1. The number of unbranched alkanes of at least 4 members (excludes halogenated alkanes) is 2. The van der Waals surface area contributed by atoms with Gasteiger partial charge in [-0.1, -0.05) is 19.8 Å². The van der Waals surface area contributed by atoms with E-state index in [0.29, 0.717) is 0 Å². The number of anilines is 2. The number of hydrogen-bond donors (Lipinski definition) is 1. The third-order valence-corrected chi connectivity index (χ3v) is 3.29. The summed E-state index contributed by atoms with van der Waals surface area (Å²) >= 11 is 0. The molecule has 0 atom stereocenters. The normalized spacial score (nSPS) is 15.2. The summed E-state index contributed by atoms with van der Waals surface area (Å²) in [6, 6.07) is 4.16. The van der Waals surface area contributed by atoms with Gasteiger partial charge in [0.2, 0.25) is 0 Å². The number of aromatic nitrogens is 1. The minimum absolute atomic E-state index is 1.06. The smallest absolute Gasteiger partial charge is 0.151 e. The van der Waals surface area contributed by atoms with Gasteiger partial charge in [0.25, 0.3) is 0 Å². The van der Waals surface area contributed by atoms with Crippen molar-refractivity contribution in [3.8, 4) is 0 Å². The molecule has 0 aromatic carbocycles. The lowest BCUT2D eigenvalue weighted by atomic mass is 10.2. The van der Waals surface area contributed by atoms with Gasteiger partial charge < -0.3 is 10.2 Å². The molecule has 1 aliphatic heterocycles. The average Bonchev–Trinajstić information content (AvgIpc) is 2.89. The van der Waals surface area contributed by atoms with E-state index >= 15 is 0 Å². The van der Waals surface area contributed by atoms with Gasteiger partial charge in [-0.05, 0) is 31.4 Å². The summed E-state index contributed by atoms with van der Waals surface area (Å²) in [6.07, 6.45) is 8.30. The molecule has 3 heteroatoms. The molecule has 0 aliphatic carbocycles. The van der Waals surface area contributed by atoms with Crippen LogP contribution in [0, 0.1) is 0 Å². The fourth-order valence-electron chi connectivity index (χ4n) is 2.31. The number of rotatable bonds is 6. The van der Waals surface area contributed by atoms with Crippen molar-refractivity contribution in [1.82, 2.24) is 4.98 Å². The van der Waals surface area contributed by atoms with Gasteiger partial charge in [-0.2, -0.15) is 0 Å². The molecule has 1 aromatic heterocycles. The summed E-state index contributed by atoms with van der Waals surface area (Å²) in [5.74, 6) is 1.14. The average molecular weight is 233 g/mol. The molecule has 17 heavy (non-hydrogen) atoms. The van der Waals surface area contributed by atoms with Gasteiger partial charge in [-0.25, -0.2) is 4.98 Å². The first-order valence-corrected chi connectivity index (χ1v) is 6.85. The number of nitrogens with zero attached hydrogens (tertiary/aromatic N) is 2. The van der Waals surface area contributed by atoms with Crippen molar-refractivity contribution < 1.29 is 0 Å². The molecule has 2 rings (SSSR count). The maximum absolute atomic E-state index is 4.52. The zero-order valence-corrected chi connectivity index (χ0v) is 10.8. The number of nitrogens with one attached hydrogen (secondary N) is 1. The Labute approximate surface area is 104 Å². The van der Waals surface area contributed by atoms with Crippen molar-refractivity contribution in [1.29, 1.82) is 0 Å². The van der Waals surface area contributed by atoms with Gasteiger partial charge in [0.05, 0.1) is 5.69 Å². The first-order valence-electron chi connectivity index (χ1n) is 6.85. The molecule has 1 aliphatic rings. The van der Waals surface area contributed by atoms with Crippen LogP contribution in [0.3, 0.4) is 0 Å². The van der Waals surface area contributed by atoms with Crippen LogP contribution in [0.1, 0.15) is 39.0 Å². The monoisotopic (exact) mass is 233 g/mol. The molecular formula is C14H23N3. The second-order valence-electron chi connectivity index (χ2n) is 4.70. The Morgan fingerprint density at radius 3 is 2.88 bits per heavy atom. The highest BCUT2D eigenvalue weighted by Crippen LogP contribution is 2.25. The van der Waals surface area contributed by atoms with Crippen LogP contribution < -0.4 is 10.2 Å². The Morgan fingerprint density at radius 1 is 1.29 bits per heavy atom. The minimum atomic E-state index is 1.06. The molecule has 1 N–H and O–H groups in total. The van der Waals surface area contributed by atoms with E-state index in [9.17, 15) is 0 Å². The van der Waals surface area contributed by atoms with Crippen molar-refractivity contribution in [2.45, 2.75) is 39.0 Å². The zero-order chi connectivity index (χ0) is 11.9. The van der Waals surface area contributed by atoms with Gasteiger partial charge in [0.15, 0.2) is 5.82 Å². The fraction of sp³-hybridized carbons (Fsp3) is 0.643. The lowest BCUT2D eigenvalue weighted by Gasteiger charge is -2.20. The van der Waals surface area contributed by atoms with Crippen molar-refractivity contribution >= 4 is 11.5 Å². The van der Waals surface area contributed by atoms with Crippen molar-refractivity contribution in [2.24, 2.45) is 0 Å². The van der Waals surface area contributed by atoms with E-state index in [1.54, 1.807) is 0 Å². The van der Waals surface area contributed by atoms with Crippen LogP contribution in [0.25, 0.3) is 0 Å². The van der Waals surface area contributed by atoms with E-state index in [0.717, 1.165) is 25.5 Å². The molecule has 1 aromatic rings. The van der Waals surface area contributed by atoms with E-state index in [1.807, 2.05) is 12.3 Å². The molecule has 0 saturated carbocycles. The van der Waals surface area contributed by atoms with Crippen LogP contribution in [-0.2, 0) is 0 Å². The van der Waals surface area contributed by atoms with Gasteiger partial charge >= 0.3 is 0 Å². The highest BCUT2D eigenvalue weighted by Gasteiger charge is 2.16. The summed E-state index contributed by atoms with van der Waals surface area (Å²) in [6.45, 7) is 5.60. The molecule has 0 amide bonds. The Bertz CT molecular complexity index is 332. The van der Waals surface area contributed by atoms with Gasteiger partial charge in [-0.3, -0.25) is 0 Å². The van der Waals surface area contributed by atoms with E-state index in [2.05, 4.69) is 28.2 Å². The second-order valence-corrected chi connectivity index (χ2v) is 4.70. The third kappa shape index (κ3) is 3.35. The van der Waals surface area contributed by atoms with Gasteiger partial charge in [-0.15, -0.1) is 0 Å². The lowest BCUT2D eigenvalue weighted by Crippen LogP contribution is -2.20. The number of hydrogen-bond acceptors (Lipinski definition) is 3. The summed E-state index contributed by atoms with van der Waals surface area (Å²) in [5, 5.41) is 3.52. The van der Waals surface area contributed by atoms with E-state index in [-0.39, 0.29) is 0 Å². The zero-order valence-electron chi connectivity index (χ0n) is 10.8. The van der Waals surface area contributed by atoms with Crippen LogP contribution in [0.15, 0.2) is 18.3 Å². The highest BCUT2D eigenvalue weighted by molar-refractivity contribution is 5.65. The van der Waals surface area contributed by atoms with Crippen molar-refractivity contribution in [3.63, 3.8) is 0 Å². The van der Waals surface area contributed by atoms with Crippen LogP contribution >= 0.6 is 0 Å². The minimum Gasteiger partial charge on any atom is -0.382 e. The lowest BCUT2D eigenvalue weighted by molar-refractivity contribution is 0.743. The highest BCUT2D eigenvalue weighted by atomic mass is 15.2. The van der Waals surface area contributed by atoms with Gasteiger partial charge in [0.1, 0.15) is 0 Å². The molecule has 94 valence electrons. The molecule has 2 heterocycles. The Kier molecular flexibility index (Phi) is 4.65. The quantitative estimate of drug-likeness (QED) is 0.764. The summed E-state index contributed by atoms with van der Waals surface area (Å²) in [5.41, 5.74) is 1.20. The summed E-state index contributed by atoms with van der Waals surface area (Å²) in [4.78, 5) is 6.91. The van der Waals surface area contributed by atoms with Crippen molar-refractivity contribution in [3.05, 3.63) is 18.3 Å². The molecular weight excluding hydrogens is 210 g/mol. The summed E-state index contributed by atoms with van der Waals surface area (Å²) < 4.78 is 0. The Morgan fingerprint density at radius 2 is 2.12 bits per heavy atom. The van der Waals surface area contributed by atoms with Crippen LogP contribution in [0.2, 0.25) is 0 Å². The van der Waals surface area contributed by atoms with E-state index < -0.39 is 0 Å². The topological polar surface area (TPSA) is 28.2 Å². The van der Waals surface area contributed by atoms with Crippen LogP contribution in [0.4, 0.5) is 11.5 Å². The molecule has 0 bridgehead atoms. The molecule has 3 nitrogen and oxygen atoms in total. The van der Waals surface area contributed by atoms with E-state index in [4.69, 9.17) is 0 Å². The standard InChI is InChI=1S/C14H23N3/c1-2-3-4-9-15-13-8-7-10-16-14(13)17-11-5-6-12-17/h7-8,10,15H,2-6,9,11-12H2,1H3. The molecule has 0 unspecified atom stereocenters. The first kappa shape index (κ1) is 12.2. The maximum Gasteiger partial charge on any atom is 0.151 e. The first-order chi connectivity index (χ1) is 8.42. The van der Waals surface area contributed by atoms with E-state index in [1.165, 1.54) is 37.8 Å². The van der Waals surface area contributed by atoms with Gasteiger partial charge in [0, 0.05) is 25.8 Å². The second kappa shape index (κ2) is 6.48. The molecule has 0 spiro atoms. The predicted octanol–water partition coefficient (Wildman–Crippen LogP) is 3.28. The molecule has 1 saturated heterocycles. The summed E-state index contributed by atoms with van der Waals surface area (Å²) in [7, 11) is 0. The maximum atomic E-state index is 4.52. The SMILES string of the molecule is CCCCCNc1cccnc1N1CCCC1. The fourth-order valence-corrected chi connectivity index (χ4v) is 2.31. The van der Waals surface area contributed by atoms with Crippen molar-refractivity contribution in [2.75, 3.05) is 29.9 Å². The molecule has 0 radical (unpaired) electrons. The predicted molar refractivity (Wildman–Crippen MR) is 73.7 cm³/mol. The molecule has 1 fully saturated rings. The van der Waals surface area contributed by atoms with Crippen LogP contribution in [-0.4, -0.2) is 24.6 Å². The third-order valence-electron chi connectivity index (χ3n) is 3.29. The largest absolute Gasteiger partial charge is 0.382 e.